The van der Waals surface area contributed by atoms with Crippen LogP contribution < -0.4 is 4.90 Å². The molecule has 0 spiro atoms. The number of fused-ring (bicyclic) bond motifs is 1. The third-order valence-corrected chi connectivity index (χ3v) is 8.20. The van der Waals surface area contributed by atoms with Gasteiger partial charge >= 0.3 is 0 Å². The molecule has 1 aromatic heterocycles. The van der Waals surface area contributed by atoms with E-state index in [0.29, 0.717) is 35.2 Å². The Morgan fingerprint density at radius 3 is 2.50 bits per heavy atom. The van der Waals surface area contributed by atoms with Crippen LogP contribution in [0.1, 0.15) is 12.8 Å². The van der Waals surface area contributed by atoms with Crippen LogP contribution >= 0.6 is 34.7 Å². The number of benzene rings is 2. The number of halogens is 1. The number of aromatic nitrogens is 1. The van der Waals surface area contributed by atoms with Crippen LogP contribution in [-0.4, -0.2) is 63.4 Å². The van der Waals surface area contributed by atoms with Crippen LogP contribution in [0.3, 0.4) is 0 Å². The monoisotopic (exact) mass is 511 g/mol. The van der Waals surface area contributed by atoms with Crippen molar-refractivity contribution in [1.29, 1.82) is 0 Å². The molecule has 2 aromatic carbocycles. The fourth-order valence-corrected chi connectivity index (χ4v) is 5.69. The van der Waals surface area contributed by atoms with E-state index in [1.54, 1.807) is 34.9 Å². The molecule has 0 fully saturated rings. The van der Waals surface area contributed by atoms with Crippen molar-refractivity contribution < 1.29 is 13.2 Å². The zero-order valence-corrected chi connectivity index (χ0v) is 21.5. The van der Waals surface area contributed by atoms with Crippen LogP contribution in [0.5, 0.6) is 0 Å². The van der Waals surface area contributed by atoms with Gasteiger partial charge in [0.1, 0.15) is 0 Å². The molecule has 0 saturated heterocycles. The zero-order valence-electron chi connectivity index (χ0n) is 18.2. The second-order valence-corrected chi connectivity index (χ2v) is 12.3. The molecule has 3 rings (SSSR count). The minimum Gasteiger partial charge on any atom is -0.308 e. The first-order chi connectivity index (χ1) is 15.1. The summed E-state index contributed by atoms with van der Waals surface area (Å²) in [4.78, 5) is 22.8. The van der Waals surface area contributed by atoms with Gasteiger partial charge in [-0.1, -0.05) is 22.9 Å². The second kappa shape index (κ2) is 11.0. The Labute approximate surface area is 202 Å². The molecule has 32 heavy (non-hydrogen) atoms. The first-order valence-electron chi connectivity index (χ1n) is 10.1. The SMILES string of the molecule is CN(C)CCN(C(=O)CCCSc1ccc(Cl)cc1)c1nc2ccc(S(C)(=O)=O)cc2s1. The molecule has 172 valence electrons. The Morgan fingerprint density at radius 1 is 1.12 bits per heavy atom. The topological polar surface area (TPSA) is 70.6 Å². The van der Waals surface area contributed by atoms with Crippen LogP contribution in [-0.2, 0) is 14.6 Å². The number of thioether (sulfide) groups is 1. The third kappa shape index (κ3) is 6.92. The predicted octanol–water partition coefficient (Wildman–Crippen LogP) is 4.82. The predicted molar refractivity (Wildman–Crippen MR) is 135 cm³/mol. The number of carbonyl (C=O) groups is 1. The smallest absolute Gasteiger partial charge is 0.228 e. The molecule has 3 aromatic rings. The molecule has 0 saturated carbocycles. The molecular weight excluding hydrogens is 486 g/mol. The van der Waals surface area contributed by atoms with Gasteiger partial charge in [-0.15, -0.1) is 11.8 Å². The first kappa shape index (κ1) is 25.0. The summed E-state index contributed by atoms with van der Waals surface area (Å²) in [5.74, 6) is 0.845. The minimum atomic E-state index is -3.30. The molecule has 0 atom stereocenters. The molecule has 0 unspecified atom stereocenters. The standard InChI is InChI=1S/C22H26ClN3O3S3/c1-25(2)12-13-26(21(27)5-4-14-30-17-8-6-16(23)7-9-17)22-24-19-11-10-18(32(3,28)29)15-20(19)31-22/h6-11,15H,4-5,12-14H2,1-3H3. The van der Waals surface area contributed by atoms with Crippen molar-refractivity contribution >= 4 is 65.8 Å². The van der Waals surface area contributed by atoms with Gasteiger partial charge in [-0.3, -0.25) is 9.69 Å². The highest BCUT2D eigenvalue weighted by Crippen LogP contribution is 2.31. The van der Waals surface area contributed by atoms with Crippen LogP contribution in [0.15, 0.2) is 52.3 Å². The Morgan fingerprint density at radius 2 is 1.84 bits per heavy atom. The summed E-state index contributed by atoms with van der Waals surface area (Å²) in [7, 11) is 0.620. The van der Waals surface area contributed by atoms with Crippen LogP contribution in [0, 0.1) is 0 Å². The number of hydrogen-bond donors (Lipinski definition) is 0. The van der Waals surface area contributed by atoms with E-state index < -0.39 is 9.84 Å². The largest absolute Gasteiger partial charge is 0.308 e. The lowest BCUT2D eigenvalue weighted by molar-refractivity contribution is -0.118. The highest BCUT2D eigenvalue weighted by molar-refractivity contribution is 7.99. The third-order valence-electron chi connectivity index (χ3n) is 4.70. The molecule has 0 bridgehead atoms. The Bertz CT molecular complexity index is 1180. The maximum absolute atomic E-state index is 13.1. The summed E-state index contributed by atoms with van der Waals surface area (Å²) in [5, 5.41) is 1.31. The zero-order chi connectivity index (χ0) is 23.3. The summed E-state index contributed by atoms with van der Waals surface area (Å²) in [5.41, 5.74) is 0.693. The fraction of sp³-hybridized carbons (Fsp3) is 0.364. The van der Waals surface area contributed by atoms with Gasteiger partial charge in [0.25, 0.3) is 0 Å². The van der Waals surface area contributed by atoms with Gasteiger partial charge in [-0.05, 0) is 68.7 Å². The molecule has 10 heteroatoms. The number of thiazole rings is 1. The van der Waals surface area contributed by atoms with E-state index in [2.05, 4.69) is 4.98 Å². The van der Waals surface area contributed by atoms with E-state index in [0.717, 1.165) is 21.8 Å². The van der Waals surface area contributed by atoms with E-state index in [9.17, 15) is 13.2 Å². The van der Waals surface area contributed by atoms with E-state index >= 15 is 0 Å². The summed E-state index contributed by atoms with van der Waals surface area (Å²) in [6, 6.07) is 12.6. The average molecular weight is 512 g/mol. The van der Waals surface area contributed by atoms with Crippen molar-refractivity contribution in [2.45, 2.75) is 22.6 Å². The Kier molecular flexibility index (Phi) is 8.57. The first-order valence-corrected chi connectivity index (χ1v) is 14.1. The van der Waals surface area contributed by atoms with E-state index in [1.807, 2.05) is 43.3 Å². The number of anilines is 1. The quantitative estimate of drug-likeness (QED) is 0.287. The molecule has 0 aliphatic rings. The maximum atomic E-state index is 13.1. The molecule has 1 heterocycles. The van der Waals surface area contributed by atoms with Crippen LogP contribution in [0.2, 0.25) is 5.02 Å². The summed E-state index contributed by atoms with van der Waals surface area (Å²) >= 11 is 8.97. The lowest BCUT2D eigenvalue weighted by atomic mass is 10.3. The maximum Gasteiger partial charge on any atom is 0.228 e. The van der Waals surface area contributed by atoms with Crippen molar-refractivity contribution in [3.63, 3.8) is 0 Å². The second-order valence-electron chi connectivity index (χ2n) is 7.65. The van der Waals surface area contributed by atoms with Gasteiger partial charge in [0.15, 0.2) is 15.0 Å². The number of likely N-dealkylation sites (N-methyl/N-ethyl adjacent to an activating group) is 1. The van der Waals surface area contributed by atoms with E-state index in [1.165, 1.54) is 17.6 Å². The molecule has 0 radical (unpaired) electrons. The molecular formula is C22H26ClN3O3S3. The van der Waals surface area contributed by atoms with Gasteiger partial charge in [0.2, 0.25) is 5.91 Å². The number of hydrogen-bond acceptors (Lipinski definition) is 7. The van der Waals surface area contributed by atoms with Crippen molar-refractivity contribution in [3.8, 4) is 0 Å². The van der Waals surface area contributed by atoms with E-state index in [4.69, 9.17) is 11.6 Å². The lowest BCUT2D eigenvalue weighted by Crippen LogP contribution is -2.36. The number of sulfone groups is 1. The Balaban J connectivity index is 1.70. The molecule has 1 amide bonds. The van der Waals surface area contributed by atoms with Crippen LogP contribution in [0.4, 0.5) is 5.13 Å². The number of amides is 1. The van der Waals surface area contributed by atoms with Crippen molar-refractivity contribution in [2.75, 3.05) is 44.1 Å². The van der Waals surface area contributed by atoms with Gasteiger partial charge in [0, 0.05) is 35.7 Å². The highest BCUT2D eigenvalue weighted by atomic mass is 35.5. The summed E-state index contributed by atoms with van der Waals surface area (Å²) < 4.78 is 24.5. The number of rotatable bonds is 10. The number of nitrogens with zero attached hydrogens (tertiary/aromatic N) is 3. The summed E-state index contributed by atoms with van der Waals surface area (Å²) in [6.45, 7) is 1.23. The van der Waals surface area contributed by atoms with Crippen molar-refractivity contribution in [3.05, 3.63) is 47.5 Å². The summed E-state index contributed by atoms with van der Waals surface area (Å²) in [6.07, 6.45) is 2.34. The van der Waals surface area contributed by atoms with Crippen molar-refractivity contribution in [1.82, 2.24) is 9.88 Å². The minimum absolute atomic E-state index is 0.0194. The molecule has 0 aliphatic heterocycles. The van der Waals surface area contributed by atoms with E-state index in [-0.39, 0.29) is 10.8 Å². The molecule has 6 nitrogen and oxygen atoms in total. The normalized spacial score (nSPS) is 11.9. The van der Waals surface area contributed by atoms with Gasteiger partial charge in [-0.2, -0.15) is 0 Å². The van der Waals surface area contributed by atoms with Gasteiger partial charge < -0.3 is 4.90 Å². The van der Waals surface area contributed by atoms with Gasteiger partial charge in [0.05, 0.1) is 15.1 Å². The molecule has 0 N–H and O–H groups in total. The Hall–Kier alpha value is -1.65. The lowest BCUT2D eigenvalue weighted by Gasteiger charge is -2.22. The fourth-order valence-electron chi connectivity index (χ4n) is 2.95. The molecule has 0 aliphatic carbocycles. The highest BCUT2D eigenvalue weighted by Gasteiger charge is 2.20. The van der Waals surface area contributed by atoms with Crippen LogP contribution in [0.25, 0.3) is 10.2 Å². The van der Waals surface area contributed by atoms with Crippen molar-refractivity contribution in [2.24, 2.45) is 0 Å². The number of carbonyl (C=O) groups excluding carboxylic acids is 1. The van der Waals surface area contributed by atoms with Gasteiger partial charge in [-0.25, -0.2) is 13.4 Å². The average Bonchev–Trinajstić information content (AvgIpc) is 3.14.